The summed E-state index contributed by atoms with van der Waals surface area (Å²) in [5, 5.41) is 11.6. The van der Waals surface area contributed by atoms with Crippen molar-refractivity contribution in [3.05, 3.63) is 0 Å². The summed E-state index contributed by atoms with van der Waals surface area (Å²) in [7, 11) is 0. The molecule has 28 heavy (non-hydrogen) atoms. The Hall–Kier alpha value is -1.39. The summed E-state index contributed by atoms with van der Waals surface area (Å²) < 4.78 is 0. The number of amides is 1. The highest BCUT2D eigenvalue weighted by molar-refractivity contribution is 6.36. The van der Waals surface area contributed by atoms with E-state index in [9.17, 15) is 14.4 Å². The Morgan fingerprint density at radius 1 is 0.679 bits per heavy atom. The molecule has 1 amide bonds. The molecule has 0 aromatic carbocycles. The van der Waals surface area contributed by atoms with Gasteiger partial charge in [0.05, 0.1) is 0 Å². The third-order valence-electron chi connectivity index (χ3n) is 5.21. The lowest BCUT2D eigenvalue weighted by Gasteiger charge is -2.17. The van der Waals surface area contributed by atoms with Crippen molar-refractivity contribution in [2.24, 2.45) is 0 Å². The fourth-order valence-electron chi connectivity index (χ4n) is 3.37. The molecule has 0 spiro atoms. The average molecular weight is 398 g/mol. The minimum absolute atomic E-state index is 0.0153. The zero-order valence-corrected chi connectivity index (χ0v) is 18.3. The maximum absolute atomic E-state index is 12.1. The predicted molar refractivity (Wildman–Crippen MR) is 114 cm³/mol. The van der Waals surface area contributed by atoms with E-state index in [2.05, 4.69) is 12.2 Å². The number of aliphatic carboxylic acids is 1. The van der Waals surface area contributed by atoms with Gasteiger partial charge in [-0.2, -0.15) is 0 Å². The van der Waals surface area contributed by atoms with Gasteiger partial charge in [0.2, 0.25) is 5.78 Å². The van der Waals surface area contributed by atoms with Crippen LogP contribution in [0.3, 0.4) is 0 Å². The minimum Gasteiger partial charge on any atom is -0.481 e. The molecule has 1 atom stereocenters. The monoisotopic (exact) mass is 397 g/mol. The van der Waals surface area contributed by atoms with Crippen molar-refractivity contribution < 1.29 is 19.5 Å². The molecule has 0 fully saturated rings. The number of Topliss-reactive ketones (excluding diaryl/α,β-unsaturated/α-hetero) is 1. The summed E-state index contributed by atoms with van der Waals surface area (Å²) in [4.78, 5) is 34.8. The minimum atomic E-state index is -0.872. The van der Waals surface area contributed by atoms with Gasteiger partial charge >= 0.3 is 5.97 Å². The molecular weight excluding hydrogens is 354 g/mol. The number of ketones is 1. The smallest absolute Gasteiger partial charge is 0.303 e. The molecule has 0 saturated carbocycles. The highest BCUT2D eigenvalue weighted by Crippen LogP contribution is 2.12. The van der Waals surface area contributed by atoms with E-state index in [1.807, 2.05) is 6.92 Å². The van der Waals surface area contributed by atoms with E-state index in [-0.39, 0.29) is 18.2 Å². The molecule has 0 saturated heterocycles. The number of carboxylic acid groups (broad SMARTS) is 1. The molecule has 0 aliphatic carbocycles. The van der Waals surface area contributed by atoms with E-state index in [1.165, 1.54) is 51.4 Å². The summed E-state index contributed by atoms with van der Waals surface area (Å²) in [5.41, 5.74) is 0. The standard InChI is InChI=1S/C23H43NO4/c1-3-5-7-8-9-10-11-12-13-14-15-17-21(25)23(28)24-20(16-6-4-2)18-19-22(26)27/h20H,3-19H2,1-2H3,(H,24,28)(H,26,27)/t20-/m0/s1. The summed E-state index contributed by atoms with van der Waals surface area (Å²) >= 11 is 0. The number of rotatable bonds is 20. The highest BCUT2D eigenvalue weighted by atomic mass is 16.4. The Morgan fingerprint density at radius 3 is 1.68 bits per heavy atom. The third-order valence-corrected chi connectivity index (χ3v) is 5.21. The summed E-state index contributed by atoms with van der Waals surface area (Å²) in [6.45, 7) is 4.28. The van der Waals surface area contributed by atoms with Crippen LogP contribution >= 0.6 is 0 Å². The van der Waals surface area contributed by atoms with Crippen LogP contribution in [0.1, 0.15) is 123 Å². The van der Waals surface area contributed by atoms with Crippen LogP contribution in [0.2, 0.25) is 0 Å². The lowest BCUT2D eigenvalue weighted by molar-refractivity contribution is -0.139. The van der Waals surface area contributed by atoms with Gasteiger partial charge in [0.15, 0.2) is 0 Å². The number of unbranched alkanes of at least 4 members (excludes halogenated alkanes) is 11. The normalized spacial score (nSPS) is 11.9. The van der Waals surface area contributed by atoms with Crippen LogP contribution in [0, 0.1) is 0 Å². The van der Waals surface area contributed by atoms with Crippen LogP contribution in [0.25, 0.3) is 0 Å². The van der Waals surface area contributed by atoms with Crippen molar-refractivity contribution in [2.75, 3.05) is 0 Å². The fraction of sp³-hybridized carbons (Fsp3) is 0.870. The van der Waals surface area contributed by atoms with Crippen molar-refractivity contribution in [1.82, 2.24) is 5.32 Å². The van der Waals surface area contributed by atoms with Gasteiger partial charge in [-0.1, -0.05) is 90.9 Å². The van der Waals surface area contributed by atoms with Gasteiger partial charge in [0.25, 0.3) is 5.91 Å². The lowest BCUT2D eigenvalue weighted by atomic mass is 10.0. The number of hydrogen-bond donors (Lipinski definition) is 2. The fourth-order valence-corrected chi connectivity index (χ4v) is 3.37. The van der Waals surface area contributed by atoms with Gasteiger partial charge in [0, 0.05) is 18.9 Å². The second kappa shape index (κ2) is 18.9. The van der Waals surface area contributed by atoms with E-state index < -0.39 is 11.9 Å². The summed E-state index contributed by atoms with van der Waals surface area (Å²) in [6, 6.07) is -0.218. The van der Waals surface area contributed by atoms with Crippen molar-refractivity contribution in [2.45, 2.75) is 129 Å². The molecular formula is C23H43NO4. The highest BCUT2D eigenvalue weighted by Gasteiger charge is 2.18. The van der Waals surface area contributed by atoms with Crippen LogP contribution in [-0.4, -0.2) is 28.8 Å². The topological polar surface area (TPSA) is 83.5 Å². The molecule has 0 radical (unpaired) electrons. The van der Waals surface area contributed by atoms with Crippen LogP contribution in [-0.2, 0) is 14.4 Å². The van der Waals surface area contributed by atoms with Crippen LogP contribution < -0.4 is 5.32 Å². The van der Waals surface area contributed by atoms with Crippen LogP contribution in [0.4, 0.5) is 0 Å². The van der Waals surface area contributed by atoms with Gasteiger partial charge in [0.1, 0.15) is 0 Å². The van der Waals surface area contributed by atoms with Gasteiger partial charge in [-0.15, -0.1) is 0 Å². The molecule has 0 aliphatic rings. The molecule has 5 nitrogen and oxygen atoms in total. The molecule has 0 aromatic heterocycles. The Morgan fingerprint density at radius 2 is 1.18 bits per heavy atom. The van der Waals surface area contributed by atoms with E-state index in [0.717, 1.165) is 38.5 Å². The predicted octanol–water partition coefficient (Wildman–Crippen LogP) is 5.80. The molecule has 5 heteroatoms. The van der Waals surface area contributed by atoms with Gasteiger partial charge in [-0.25, -0.2) is 0 Å². The van der Waals surface area contributed by atoms with E-state index >= 15 is 0 Å². The van der Waals surface area contributed by atoms with E-state index in [1.54, 1.807) is 0 Å². The maximum Gasteiger partial charge on any atom is 0.303 e. The van der Waals surface area contributed by atoms with Crippen molar-refractivity contribution in [3.8, 4) is 0 Å². The first-order valence-electron chi connectivity index (χ1n) is 11.6. The van der Waals surface area contributed by atoms with Crippen molar-refractivity contribution in [1.29, 1.82) is 0 Å². The number of carbonyl (C=O) groups excluding carboxylic acids is 2. The molecule has 0 heterocycles. The number of carboxylic acids is 1. The zero-order chi connectivity index (χ0) is 21.0. The summed E-state index contributed by atoms with van der Waals surface area (Å²) in [5.74, 6) is -1.78. The Kier molecular flexibility index (Phi) is 18.0. The van der Waals surface area contributed by atoms with Crippen LogP contribution in [0.5, 0.6) is 0 Å². The second-order valence-corrected chi connectivity index (χ2v) is 7.95. The first-order valence-corrected chi connectivity index (χ1v) is 11.6. The zero-order valence-electron chi connectivity index (χ0n) is 18.3. The van der Waals surface area contributed by atoms with Gasteiger partial charge < -0.3 is 10.4 Å². The average Bonchev–Trinajstić information content (AvgIpc) is 2.67. The van der Waals surface area contributed by atoms with E-state index in [0.29, 0.717) is 12.8 Å². The van der Waals surface area contributed by atoms with Gasteiger partial charge in [-0.3, -0.25) is 14.4 Å². The number of carbonyl (C=O) groups is 3. The molecule has 0 aliphatic heterocycles. The quantitative estimate of drug-likeness (QED) is 0.201. The Labute approximate surface area is 172 Å². The third kappa shape index (κ3) is 16.8. The number of nitrogens with one attached hydrogen (secondary N) is 1. The maximum atomic E-state index is 12.1. The summed E-state index contributed by atoms with van der Waals surface area (Å²) in [6.07, 6.45) is 16.7. The molecule has 2 N–H and O–H groups in total. The molecule has 0 bridgehead atoms. The molecule has 164 valence electrons. The number of hydrogen-bond acceptors (Lipinski definition) is 3. The van der Waals surface area contributed by atoms with Crippen LogP contribution in [0.15, 0.2) is 0 Å². The first kappa shape index (κ1) is 26.6. The second-order valence-electron chi connectivity index (χ2n) is 7.95. The molecule has 0 unspecified atom stereocenters. The first-order chi connectivity index (χ1) is 13.5. The SMILES string of the molecule is CCCCCCCCCCCCCC(=O)C(=O)N[C@@H](CCCC)CCC(=O)O. The van der Waals surface area contributed by atoms with Gasteiger partial charge in [-0.05, 0) is 19.3 Å². The van der Waals surface area contributed by atoms with Crippen molar-refractivity contribution >= 4 is 17.7 Å². The van der Waals surface area contributed by atoms with E-state index in [4.69, 9.17) is 5.11 Å². The molecule has 0 rings (SSSR count). The Bertz CT molecular complexity index is 423. The largest absolute Gasteiger partial charge is 0.481 e. The molecule has 0 aromatic rings. The Balaban J connectivity index is 3.80. The van der Waals surface area contributed by atoms with Crippen molar-refractivity contribution in [3.63, 3.8) is 0 Å². The lowest BCUT2D eigenvalue weighted by Crippen LogP contribution is -2.39.